The molecule has 2 aliphatic rings. The Balaban J connectivity index is 1.29. The van der Waals surface area contributed by atoms with Gasteiger partial charge in [0.05, 0.1) is 29.1 Å². The van der Waals surface area contributed by atoms with E-state index in [4.69, 9.17) is 9.72 Å². The molecule has 0 bridgehead atoms. The van der Waals surface area contributed by atoms with Gasteiger partial charge in [0.1, 0.15) is 18.0 Å². The molecule has 0 radical (unpaired) electrons. The third kappa shape index (κ3) is 5.07. The number of aryl methyl sites for hydroxylation is 3. The van der Waals surface area contributed by atoms with Crippen molar-refractivity contribution in [3.8, 4) is 17.1 Å². The lowest BCUT2D eigenvalue weighted by Gasteiger charge is -2.27. The van der Waals surface area contributed by atoms with Gasteiger partial charge in [0.2, 0.25) is 0 Å². The average Bonchev–Trinajstić information content (AvgIpc) is 3.44. The first-order chi connectivity index (χ1) is 16.5. The topological polar surface area (TPSA) is 134 Å². The second-order valence-electron chi connectivity index (χ2n) is 9.45. The summed E-state index contributed by atoms with van der Waals surface area (Å²) >= 11 is 0. The highest BCUT2D eigenvalue weighted by Crippen LogP contribution is 2.33. The molecule has 0 spiro atoms. The Morgan fingerprint density at radius 3 is 2.79 bits per heavy atom. The van der Waals surface area contributed by atoms with Gasteiger partial charge in [-0.1, -0.05) is 18.1 Å². The molecule has 5 rings (SSSR count). The minimum absolute atomic E-state index is 0.110. The molecule has 0 amide bonds. The van der Waals surface area contributed by atoms with Crippen LogP contribution in [0.2, 0.25) is 0 Å². The lowest BCUT2D eigenvalue weighted by atomic mass is 9.87. The molecule has 0 aromatic carbocycles. The number of hydrogen-bond donors (Lipinski definition) is 1. The molecule has 11 nitrogen and oxygen atoms in total. The molecule has 34 heavy (non-hydrogen) atoms. The zero-order chi connectivity index (χ0) is 23.7. The average molecular weight is 467 g/mol. The van der Waals surface area contributed by atoms with Crippen molar-refractivity contribution in [2.45, 2.75) is 70.9 Å². The molecule has 180 valence electrons. The minimum atomic E-state index is -0.745. The van der Waals surface area contributed by atoms with E-state index in [1.807, 2.05) is 26.1 Å². The highest BCUT2D eigenvalue weighted by molar-refractivity contribution is 5.70. The molecule has 0 unspecified atom stereocenters. The van der Waals surface area contributed by atoms with E-state index in [0.29, 0.717) is 36.5 Å². The van der Waals surface area contributed by atoms with Crippen LogP contribution >= 0.6 is 0 Å². The number of carboxylic acids is 1. The molecule has 2 saturated carbocycles. The summed E-state index contributed by atoms with van der Waals surface area (Å²) in [5.41, 5.74) is 2.92. The number of carbonyl (C=O) groups is 1. The fourth-order valence-corrected chi connectivity index (χ4v) is 4.53. The third-order valence-electron chi connectivity index (χ3n) is 6.75. The normalized spacial score (nSPS) is 20.4. The smallest absolute Gasteiger partial charge is 0.306 e. The van der Waals surface area contributed by atoms with Crippen LogP contribution in [0.3, 0.4) is 0 Å². The first-order valence-electron chi connectivity index (χ1n) is 12.0. The Labute approximate surface area is 197 Å². The maximum atomic E-state index is 11.4. The Bertz CT molecular complexity index is 1170. The number of aromatic nitrogens is 8. The standard InChI is InChI=1S/C23H30N8O3/c1-14-20(34-17-5-3-4-16(12-17)23(32)33)10-9-18(24-14)22-19(30(2)28-26-22)13-31-27-21(25-29-31)11-8-15-6-7-15/h9-10,15-17H,3-8,11-13H2,1-2H3,(H,32,33)/t16-,17-/m0/s1. The molecule has 2 fully saturated rings. The summed E-state index contributed by atoms with van der Waals surface area (Å²) in [5.74, 6) is 1.19. The van der Waals surface area contributed by atoms with Crippen molar-refractivity contribution in [1.29, 1.82) is 0 Å². The van der Waals surface area contributed by atoms with Gasteiger partial charge in [-0.15, -0.1) is 15.3 Å². The fourth-order valence-electron chi connectivity index (χ4n) is 4.53. The Kier molecular flexibility index (Phi) is 6.25. The van der Waals surface area contributed by atoms with Gasteiger partial charge in [-0.3, -0.25) is 4.79 Å². The van der Waals surface area contributed by atoms with Crippen LogP contribution in [0.4, 0.5) is 0 Å². The van der Waals surface area contributed by atoms with Gasteiger partial charge in [0, 0.05) is 13.5 Å². The second-order valence-corrected chi connectivity index (χ2v) is 9.45. The molecule has 0 saturated heterocycles. The number of carboxylic acid groups (broad SMARTS) is 1. The molecule has 3 aromatic rings. The van der Waals surface area contributed by atoms with Crippen molar-refractivity contribution in [3.05, 3.63) is 29.3 Å². The highest BCUT2D eigenvalue weighted by atomic mass is 16.5. The summed E-state index contributed by atoms with van der Waals surface area (Å²) in [7, 11) is 1.84. The largest absolute Gasteiger partial charge is 0.489 e. The van der Waals surface area contributed by atoms with E-state index < -0.39 is 5.97 Å². The predicted molar refractivity (Wildman–Crippen MR) is 121 cm³/mol. The molecule has 11 heteroatoms. The summed E-state index contributed by atoms with van der Waals surface area (Å²) in [6, 6.07) is 3.74. The van der Waals surface area contributed by atoms with Crippen LogP contribution in [0.5, 0.6) is 5.75 Å². The number of pyridine rings is 1. The number of ether oxygens (including phenoxy) is 1. The summed E-state index contributed by atoms with van der Waals surface area (Å²) in [6.07, 6.45) is 7.45. The molecular weight excluding hydrogens is 436 g/mol. The van der Waals surface area contributed by atoms with E-state index in [1.165, 1.54) is 12.8 Å². The van der Waals surface area contributed by atoms with Crippen LogP contribution in [0.1, 0.15) is 62.2 Å². The van der Waals surface area contributed by atoms with E-state index >= 15 is 0 Å². The molecule has 2 aliphatic carbocycles. The van der Waals surface area contributed by atoms with Crippen LogP contribution in [0.25, 0.3) is 11.4 Å². The first kappa shape index (κ1) is 22.4. The van der Waals surface area contributed by atoms with Crippen molar-refractivity contribution in [2.24, 2.45) is 18.9 Å². The van der Waals surface area contributed by atoms with E-state index in [9.17, 15) is 9.90 Å². The van der Waals surface area contributed by atoms with Crippen molar-refractivity contribution in [2.75, 3.05) is 0 Å². The zero-order valence-electron chi connectivity index (χ0n) is 19.6. The van der Waals surface area contributed by atoms with Gasteiger partial charge in [0.15, 0.2) is 5.82 Å². The molecular formula is C23H30N8O3. The number of rotatable bonds is 9. The lowest BCUT2D eigenvalue weighted by molar-refractivity contribution is -0.143. The Morgan fingerprint density at radius 1 is 1.18 bits per heavy atom. The van der Waals surface area contributed by atoms with Crippen LogP contribution in [0.15, 0.2) is 12.1 Å². The predicted octanol–water partition coefficient (Wildman–Crippen LogP) is 2.59. The molecule has 3 heterocycles. The first-order valence-corrected chi connectivity index (χ1v) is 12.0. The van der Waals surface area contributed by atoms with Gasteiger partial charge >= 0.3 is 5.97 Å². The second kappa shape index (κ2) is 9.47. The Morgan fingerprint density at radius 2 is 2.03 bits per heavy atom. The van der Waals surface area contributed by atoms with Crippen molar-refractivity contribution in [3.63, 3.8) is 0 Å². The molecule has 2 atom stereocenters. The quantitative estimate of drug-likeness (QED) is 0.505. The monoisotopic (exact) mass is 466 g/mol. The maximum Gasteiger partial charge on any atom is 0.306 e. The summed E-state index contributed by atoms with van der Waals surface area (Å²) in [5, 5.41) is 30.8. The van der Waals surface area contributed by atoms with Crippen molar-refractivity contribution in [1.82, 2.24) is 40.2 Å². The summed E-state index contributed by atoms with van der Waals surface area (Å²) in [4.78, 5) is 17.6. The number of aliphatic carboxylic acids is 1. The number of hydrogen-bond acceptors (Lipinski definition) is 8. The lowest BCUT2D eigenvalue weighted by Crippen LogP contribution is -2.29. The van der Waals surface area contributed by atoms with Crippen LogP contribution in [-0.2, 0) is 24.8 Å². The van der Waals surface area contributed by atoms with Crippen LogP contribution in [0, 0.1) is 18.8 Å². The summed E-state index contributed by atoms with van der Waals surface area (Å²) < 4.78 is 7.84. The van der Waals surface area contributed by atoms with Crippen LogP contribution in [-0.4, -0.2) is 57.4 Å². The fraction of sp³-hybridized carbons (Fsp3) is 0.609. The number of tetrazole rings is 1. The van der Waals surface area contributed by atoms with Gasteiger partial charge in [-0.05, 0) is 62.3 Å². The minimum Gasteiger partial charge on any atom is -0.489 e. The summed E-state index contributed by atoms with van der Waals surface area (Å²) in [6.45, 7) is 2.28. The number of nitrogens with zero attached hydrogens (tertiary/aromatic N) is 8. The third-order valence-corrected chi connectivity index (χ3v) is 6.75. The van der Waals surface area contributed by atoms with Crippen molar-refractivity contribution < 1.29 is 14.6 Å². The van der Waals surface area contributed by atoms with Gasteiger partial charge in [-0.25, -0.2) is 9.67 Å². The van der Waals surface area contributed by atoms with Gasteiger partial charge in [-0.2, -0.15) is 4.80 Å². The molecule has 1 N–H and O–H groups in total. The molecule has 0 aliphatic heterocycles. The van der Waals surface area contributed by atoms with E-state index in [2.05, 4.69) is 25.7 Å². The van der Waals surface area contributed by atoms with E-state index in [0.717, 1.165) is 48.8 Å². The van der Waals surface area contributed by atoms with Gasteiger partial charge in [0.25, 0.3) is 0 Å². The SMILES string of the molecule is Cc1nc(-c2nnn(C)c2Cn2nnc(CCC3CC3)n2)ccc1O[C@H]1CCC[C@H](C(=O)O)C1. The maximum absolute atomic E-state index is 11.4. The molecule has 3 aromatic heterocycles. The zero-order valence-corrected chi connectivity index (χ0v) is 19.6. The van der Waals surface area contributed by atoms with E-state index in [-0.39, 0.29) is 12.0 Å². The Hall–Kier alpha value is -3.37. The highest BCUT2D eigenvalue weighted by Gasteiger charge is 2.28. The van der Waals surface area contributed by atoms with Crippen molar-refractivity contribution >= 4 is 5.97 Å². The van der Waals surface area contributed by atoms with Crippen LogP contribution < -0.4 is 4.74 Å². The van der Waals surface area contributed by atoms with Gasteiger partial charge < -0.3 is 9.84 Å². The van der Waals surface area contributed by atoms with E-state index in [1.54, 1.807) is 9.48 Å².